The second kappa shape index (κ2) is 12.6. The number of halogens is 4. The molecule has 3 saturated heterocycles. The highest BCUT2D eigenvalue weighted by molar-refractivity contribution is 6.35. The SMILES string of the molecule is Cc1ccc2[nH]ncc2c1-c1c(Cl)cc2c(N3CCC4(CN(C(=O)OC(C)(C)C)C4)C3)nc(OC[C@@H]3CCCN3C)nc2c1OCC(F)(F)F. The zero-order valence-corrected chi connectivity index (χ0v) is 29.5. The lowest BCUT2D eigenvalue weighted by Gasteiger charge is -2.47. The number of alkyl halides is 3. The van der Waals surface area contributed by atoms with Gasteiger partial charge in [0.1, 0.15) is 23.5 Å². The maximum absolute atomic E-state index is 13.8. The summed E-state index contributed by atoms with van der Waals surface area (Å²) in [5, 5.41) is 8.41. The average Bonchev–Trinajstić information content (AvgIpc) is 3.77. The minimum Gasteiger partial charge on any atom is -0.481 e. The van der Waals surface area contributed by atoms with Gasteiger partial charge in [-0.1, -0.05) is 17.7 Å². The summed E-state index contributed by atoms with van der Waals surface area (Å²) in [6.07, 6.45) is -0.585. The van der Waals surface area contributed by atoms with E-state index in [9.17, 15) is 18.0 Å². The molecular formula is C35H41ClF3N7O4. The molecule has 15 heteroatoms. The maximum atomic E-state index is 13.8. The number of likely N-dealkylation sites (tertiary alicyclic amines) is 2. The summed E-state index contributed by atoms with van der Waals surface area (Å²) in [4.78, 5) is 28.3. The molecule has 3 aliphatic heterocycles. The molecule has 3 fully saturated rings. The number of carbonyl (C=O) groups excluding carboxylic acids is 1. The number of anilines is 1. The highest BCUT2D eigenvalue weighted by Gasteiger charge is 2.51. The number of aromatic nitrogens is 4. The third kappa shape index (κ3) is 6.71. The third-order valence-corrected chi connectivity index (χ3v) is 10.1. The number of carbonyl (C=O) groups is 1. The van der Waals surface area contributed by atoms with Crippen LogP contribution in [0.4, 0.5) is 23.8 Å². The second-order valence-electron chi connectivity index (χ2n) is 14.9. The summed E-state index contributed by atoms with van der Waals surface area (Å²) in [6.45, 7) is 9.30. The van der Waals surface area contributed by atoms with Crippen LogP contribution in [0.3, 0.4) is 0 Å². The van der Waals surface area contributed by atoms with Crippen LogP contribution in [0.25, 0.3) is 32.9 Å². The Morgan fingerprint density at radius 1 is 1.08 bits per heavy atom. The van der Waals surface area contributed by atoms with Gasteiger partial charge < -0.3 is 28.9 Å². The Morgan fingerprint density at radius 2 is 1.86 bits per heavy atom. The molecule has 4 aromatic rings. The molecule has 0 unspecified atom stereocenters. The monoisotopic (exact) mass is 715 g/mol. The number of benzene rings is 2. The lowest BCUT2D eigenvalue weighted by molar-refractivity contribution is -0.153. The van der Waals surface area contributed by atoms with Crippen molar-refractivity contribution in [3.05, 3.63) is 35.0 Å². The first-order valence-corrected chi connectivity index (χ1v) is 17.2. The van der Waals surface area contributed by atoms with Gasteiger partial charge in [-0.3, -0.25) is 5.10 Å². The Labute approximate surface area is 293 Å². The van der Waals surface area contributed by atoms with Crippen molar-refractivity contribution >= 4 is 45.3 Å². The number of aryl methyl sites for hydroxylation is 1. The molecule has 0 radical (unpaired) electrons. The number of hydrogen-bond acceptors (Lipinski definition) is 9. The fourth-order valence-corrected chi connectivity index (χ4v) is 7.70. The predicted molar refractivity (Wildman–Crippen MR) is 184 cm³/mol. The molecule has 0 aliphatic carbocycles. The number of aromatic amines is 1. The van der Waals surface area contributed by atoms with E-state index in [1.54, 1.807) is 17.2 Å². The van der Waals surface area contributed by atoms with E-state index in [0.717, 1.165) is 31.4 Å². The van der Waals surface area contributed by atoms with E-state index in [1.165, 1.54) is 0 Å². The van der Waals surface area contributed by atoms with E-state index in [-0.39, 0.29) is 45.4 Å². The summed E-state index contributed by atoms with van der Waals surface area (Å²) in [7, 11) is 2.03. The Balaban J connectivity index is 1.33. The maximum Gasteiger partial charge on any atom is 0.422 e. The van der Waals surface area contributed by atoms with Crippen molar-refractivity contribution in [2.24, 2.45) is 5.41 Å². The van der Waals surface area contributed by atoms with Crippen molar-refractivity contribution in [3.8, 4) is 22.9 Å². The van der Waals surface area contributed by atoms with Crippen LogP contribution in [0.5, 0.6) is 11.8 Å². The van der Waals surface area contributed by atoms with Gasteiger partial charge in [0.15, 0.2) is 12.4 Å². The molecule has 1 atom stereocenters. The van der Waals surface area contributed by atoms with Crippen LogP contribution < -0.4 is 14.4 Å². The van der Waals surface area contributed by atoms with Crippen LogP contribution in [0, 0.1) is 12.3 Å². The van der Waals surface area contributed by atoms with Crippen molar-refractivity contribution in [2.75, 3.05) is 57.9 Å². The van der Waals surface area contributed by atoms with Crippen LogP contribution in [-0.4, -0.2) is 107 Å². The number of likely N-dealkylation sites (N-methyl/N-ethyl adjacent to an activating group) is 1. The summed E-state index contributed by atoms with van der Waals surface area (Å²) < 4.78 is 59.0. The number of amides is 1. The first-order valence-electron chi connectivity index (χ1n) is 16.8. The molecule has 7 rings (SSSR count). The van der Waals surface area contributed by atoms with Crippen molar-refractivity contribution < 1.29 is 32.2 Å². The number of H-pyrrole nitrogens is 1. The van der Waals surface area contributed by atoms with E-state index in [0.29, 0.717) is 60.5 Å². The molecule has 0 bridgehead atoms. The van der Waals surface area contributed by atoms with Crippen molar-refractivity contribution in [1.82, 2.24) is 30.0 Å². The number of rotatable bonds is 7. The smallest absolute Gasteiger partial charge is 0.422 e. The van der Waals surface area contributed by atoms with Gasteiger partial charge in [-0.05, 0) is 78.2 Å². The molecule has 2 aromatic carbocycles. The fraction of sp³-hybridized carbons (Fsp3) is 0.543. The molecule has 1 N–H and O–H groups in total. The normalized spacial score (nSPS) is 19.5. The van der Waals surface area contributed by atoms with Gasteiger partial charge in [-0.15, -0.1) is 0 Å². The van der Waals surface area contributed by atoms with E-state index in [4.69, 9.17) is 35.8 Å². The summed E-state index contributed by atoms with van der Waals surface area (Å²) in [5.74, 6) is 0.377. The first-order chi connectivity index (χ1) is 23.6. The predicted octanol–water partition coefficient (Wildman–Crippen LogP) is 7.00. The van der Waals surface area contributed by atoms with Gasteiger partial charge in [0, 0.05) is 59.5 Å². The van der Waals surface area contributed by atoms with Gasteiger partial charge in [-0.2, -0.15) is 28.2 Å². The molecule has 1 spiro atoms. The highest BCUT2D eigenvalue weighted by atomic mass is 35.5. The van der Waals surface area contributed by atoms with Crippen molar-refractivity contribution in [1.29, 1.82) is 0 Å². The van der Waals surface area contributed by atoms with Crippen LogP contribution in [0.1, 0.15) is 45.6 Å². The van der Waals surface area contributed by atoms with Gasteiger partial charge in [-0.25, -0.2) is 4.79 Å². The average molecular weight is 716 g/mol. The Morgan fingerprint density at radius 3 is 2.56 bits per heavy atom. The van der Waals surface area contributed by atoms with Crippen LogP contribution in [-0.2, 0) is 4.74 Å². The van der Waals surface area contributed by atoms with Gasteiger partial charge in [0.05, 0.1) is 16.7 Å². The number of nitrogens with zero attached hydrogens (tertiary/aromatic N) is 6. The number of hydrogen-bond donors (Lipinski definition) is 1. The Bertz CT molecular complexity index is 1940. The number of ether oxygens (including phenoxy) is 3. The molecule has 50 heavy (non-hydrogen) atoms. The molecule has 268 valence electrons. The molecule has 0 saturated carbocycles. The molecular weight excluding hydrogens is 675 g/mol. The van der Waals surface area contributed by atoms with E-state index in [1.807, 2.05) is 46.9 Å². The van der Waals surface area contributed by atoms with E-state index in [2.05, 4.69) is 20.0 Å². The Kier molecular flexibility index (Phi) is 8.69. The van der Waals surface area contributed by atoms with Crippen molar-refractivity contribution in [3.63, 3.8) is 0 Å². The molecule has 2 aromatic heterocycles. The van der Waals surface area contributed by atoms with Gasteiger partial charge in [0.2, 0.25) is 0 Å². The zero-order valence-electron chi connectivity index (χ0n) is 28.8. The van der Waals surface area contributed by atoms with Gasteiger partial charge in [0.25, 0.3) is 0 Å². The Hall–Kier alpha value is -4.04. The molecule has 5 heterocycles. The quantitative estimate of drug-likeness (QED) is 0.217. The van der Waals surface area contributed by atoms with E-state index >= 15 is 0 Å². The summed E-state index contributed by atoms with van der Waals surface area (Å²) in [5.41, 5.74) is 1.72. The van der Waals surface area contributed by atoms with Crippen LogP contribution in [0.15, 0.2) is 24.4 Å². The van der Waals surface area contributed by atoms with Crippen LogP contribution in [0.2, 0.25) is 5.02 Å². The molecule has 1 amide bonds. The number of nitrogens with one attached hydrogen (secondary N) is 1. The first kappa shape index (κ1) is 34.4. The molecule has 3 aliphatic rings. The third-order valence-electron chi connectivity index (χ3n) is 9.84. The molecule has 11 nitrogen and oxygen atoms in total. The minimum absolute atomic E-state index is 0.0427. The lowest BCUT2D eigenvalue weighted by atomic mass is 9.79. The lowest BCUT2D eigenvalue weighted by Crippen LogP contribution is -2.60. The highest BCUT2D eigenvalue weighted by Crippen LogP contribution is 2.49. The fourth-order valence-electron chi connectivity index (χ4n) is 7.41. The second-order valence-corrected chi connectivity index (χ2v) is 15.3. The topological polar surface area (TPSA) is 109 Å². The standard InChI is InChI=1S/C35H41ClF3N7O4/c1-20-8-9-25-23(14-40-43-25)26(20)27-24(36)13-22-28(29(27)49-19-35(37,38)39)41-31(48-15-21-7-6-11-44(21)5)42-30(22)45-12-10-34(16-45)17-46(18-34)32(47)50-33(2,3)4/h8-9,13-14,21H,6-7,10-12,15-19H2,1-5H3,(H,40,43)/t21-/m0/s1. The zero-order chi connectivity index (χ0) is 35.6. The minimum atomic E-state index is -4.63. The van der Waals surface area contributed by atoms with Crippen LogP contribution >= 0.6 is 11.6 Å². The van der Waals surface area contributed by atoms with Crippen molar-refractivity contribution in [2.45, 2.75) is 64.8 Å². The number of fused-ring (bicyclic) bond motifs is 2. The largest absolute Gasteiger partial charge is 0.481 e. The summed E-state index contributed by atoms with van der Waals surface area (Å²) >= 11 is 7.05. The summed E-state index contributed by atoms with van der Waals surface area (Å²) in [6, 6.07) is 5.61. The van der Waals surface area contributed by atoms with E-state index < -0.39 is 18.4 Å². The van der Waals surface area contributed by atoms with Gasteiger partial charge >= 0.3 is 18.3 Å².